The molecule has 10 atom stereocenters. The molecule has 0 aliphatic carbocycles. The first kappa shape index (κ1) is 42.5. The average Bonchev–Trinajstić information content (AvgIpc) is 3.05. The van der Waals surface area contributed by atoms with Gasteiger partial charge >= 0.3 is 30.0 Å². The van der Waals surface area contributed by atoms with Gasteiger partial charge in [0.1, 0.15) is 43.2 Å². The Bertz CT molecular complexity index is 1350. The van der Waals surface area contributed by atoms with Crippen molar-refractivity contribution in [3.05, 3.63) is 35.9 Å². The molecule has 292 valence electrons. The minimum absolute atomic E-state index is 0.0522. The van der Waals surface area contributed by atoms with Gasteiger partial charge in [0.2, 0.25) is 5.91 Å². The zero-order valence-electron chi connectivity index (χ0n) is 28.7. The fourth-order valence-corrected chi connectivity index (χ4v) is 5.33. The van der Waals surface area contributed by atoms with Crippen LogP contribution in [-0.4, -0.2) is 134 Å². The summed E-state index contributed by atoms with van der Waals surface area (Å²) >= 11 is 0. The highest BCUT2D eigenvalue weighted by Gasteiger charge is 2.54. The summed E-state index contributed by atoms with van der Waals surface area (Å²) in [5, 5.41) is 25.9. The second kappa shape index (κ2) is 19.8. The van der Waals surface area contributed by atoms with Gasteiger partial charge in [-0.1, -0.05) is 30.3 Å². The van der Waals surface area contributed by atoms with E-state index in [0.717, 1.165) is 33.3 Å². The standard InChI is InChI=1S/C32H43F3N2O15/c1-16(38)37-23-27(48-18(3)40)26(52-30-28(49-19(4)41)25(43)24(42)21(50-30)15-47-17(2)39)22(14-45-13-20-9-6-5-7-10-20)51-29(23)46-12-8-11-36-31(44)32(33,34)35/h5-7,9-10,21-30,42-43H,8,11-15H2,1-4H3,(H,36,44)(H,37,38)/t21-,22-,23-,24+,25+,26-,27-,28-,29-,30+/m1/s1. The van der Waals surface area contributed by atoms with Crippen LogP contribution in [-0.2, 0) is 68.5 Å². The molecule has 0 spiro atoms. The van der Waals surface area contributed by atoms with Crippen LogP contribution in [0.15, 0.2) is 30.3 Å². The summed E-state index contributed by atoms with van der Waals surface area (Å²) in [6, 6.07) is 7.55. The van der Waals surface area contributed by atoms with Gasteiger partial charge in [-0.05, 0) is 12.0 Å². The molecule has 2 amide bonds. The summed E-state index contributed by atoms with van der Waals surface area (Å²) in [4.78, 5) is 59.6. The highest BCUT2D eigenvalue weighted by molar-refractivity contribution is 5.81. The van der Waals surface area contributed by atoms with E-state index in [-0.39, 0.29) is 26.2 Å². The molecular formula is C32H43F3N2O15. The van der Waals surface area contributed by atoms with Crippen molar-refractivity contribution in [2.75, 3.05) is 26.4 Å². The van der Waals surface area contributed by atoms with E-state index in [1.807, 2.05) is 0 Å². The quantitative estimate of drug-likeness (QED) is 0.0973. The lowest BCUT2D eigenvalue weighted by molar-refractivity contribution is -0.350. The third-order valence-corrected chi connectivity index (χ3v) is 7.55. The normalized spacial score (nSPS) is 29.0. The Kier molecular flexibility index (Phi) is 16.2. The van der Waals surface area contributed by atoms with Gasteiger partial charge in [0, 0.05) is 34.2 Å². The van der Waals surface area contributed by atoms with Gasteiger partial charge in [0.25, 0.3) is 0 Å². The molecule has 2 aliphatic heterocycles. The monoisotopic (exact) mass is 752 g/mol. The van der Waals surface area contributed by atoms with Crippen molar-refractivity contribution >= 4 is 29.7 Å². The Morgan fingerprint density at radius 2 is 1.44 bits per heavy atom. The van der Waals surface area contributed by atoms with Crippen molar-refractivity contribution in [2.24, 2.45) is 0 Å². The highest BCUT2D eigenvalue weighted by Crippen LogP contribution is 2.33. The maximum Gasteiger partial charge on any atom is 0.471 e. The molecule has 2 fully saturated rings. The number of amides is 2. The smallest absolute Gasteiger partial charge is 0.463 e. The van der Waals surface area contributed by atoms with Gasteiger partial charge in [0.15, 0.2) is 24.8 Å². The minimum atomic E-state index is -5.09. The van der Waals surface area contributed by atoms with Crippen molar-refractivity contribution in [3.8, 4) is 0 Å². The SMILES string of the molecule is CC(=O)N[C@H]1[C@H](OCCCNC(=O)C(F)(F)F)O[C@H](COCc2ccccc2)[C@@H](O[C@@H]2O[C@H](COC(C)=O)[C@H](O)[C@H](O)[C@H]2OC(C)=O)[C@@H]1OC(C)=O. The fraction of sp³-hybridized carbons (Fsp3) is 0.656. The lowest BCUT2D eigenvalue weighted by Gasteiger charge is -2.48. The Balaban J connectivity index is 1.96. The van der Waals surface area contributed by atoms with Crippen LogP contribution in [0.25, 0.3) is 0 Å². The number of ether oxygens (including phenoxy) is 8. The second-order valence-corrected chi connectivity index (χ2v) is 11.8. The van der Waals surface area contributed by atoms with Crippen LogP contribution in [0, 0.1) is 0 Å². The van der Waals surface area contributed by atoms with Crippen molar-refractivity contribution in [1.82, 2.24) is 10.6 Å². The number of rotatable bonds is 16. The molecule has 2 aliphatic rings. The molecule has 0 saturated carbocycles. The van der Waals surface area contributed by atoms with Gasteiger partial charge in [-0.2, -0.15) is 13.2 Å². The Hall–Kier alpha value is -3.92. The highest BCUT2D eigenvalue weighted by atomic mass is 19.4. The molecule has 52 heavy (non-hydrogen) atoms. The van der Waals surface area contributed by atoms with Gasteiger partial charge in [-0.25, -0.2) is 0 Å². The average molecular weight is 753 g/mol. The number of esters is 3. The van der Waals surface area contributed by atoms with E-state index in [1.165, 1.54) is 0 Å². The Morgan fingerprint density at radius 1 is 0.808 bits per heavy atom. The number of hydrogen-bond acceptors (Lipinski definition) is 15. The van der Waals surface area contributed by atoms with E-state index in [4.69, 9.17) is 37.9 Å². The number of hydrogen-bond donors (Lipinski definition) is 4. The number of carbonyl (C=O) groups is 5. The Morgan fingerprint density at radius 3 is 2.04 bits per heavy atom. The second-order valence-electron chi connectivity index (χ2n) is 11.8. The largest absolute Gasteiger partial charge is 0.471 e. The van der Waals surface area contributed by atoms with Gasteiger partial charge < -0.3 is 58.7 Å². The topological polar surface area (TPSA) is 224 Å². The van der Waals surface area contributed by atoms with E-state index >= 15 is 0 Å². The van der Waals surface area contributed by atoms with Crippen LogP contribution in [0.4, 0.5) is 13.2 Å². The van der Waals surface area contributed by atoms with Gasteiger partial charge in [0.05, 0.1) is 19.8 Å². The van der Waals surface area contributed by atoms with Crippen LogP contribution in [0.1, 0.15) is 39.7 Å². The lowest BCUT2D eigenvalue weighted by atomic mass is 9.95. The molecule has 3 rings (SSSR count). The number of halogens is 3. The summed E-state index contributed by atoms with van der Waals surface area (Å²) in [5.41, 5.74) is 0.757. The van der Waals surface area contributed by atoms with Crippen LogP contribution >= 0.6 is 0 Å². The minimum Gasteiger partial charge on any atom is -0.463 e. The zero-order valence-corrected chi connectivity index (χ0v) is 28.7. The number of carbonyl (C=O) groups excluding carboxylic acids is 5. The maximum atomic E-state index is 12.6. The summed E-state index contributed by atoms with van der Waals surface area (Å²) in [6.45, 7) is 2.78. The number of alkyl halides is 3. The predicted octanol–water partition coefficient (Wildman–Crippen LogP) is -0.224. The summed E-state index contributed by atoms with van der Waals surface area (Å²) < 4.78 is 83.5. The van der Waals surface area contributed by atoms with Crippen LogP contribution in [0.3, 0.4) is 0 Å². The molecule has 20 heteroatoms. The first-order valence-electron chi connectivity index (χ1n) is 16.1. The van der Waals surface area contributed by atoms with E-state index in [9.17, 15) is 47.4 Å². The van der Waals surface area contributed by atoms with Crippen LogP contribution < -0.4 is 10.6 Å². The molecule has 0 aromatic heterocycles. The lowest BCUT2D eigenvalue weighted by Crippen LogP contribution is -2.68. The molecule has 4 N–H and O–H groups in total. The van der Waals surface area contributed by atoms with Gasteiger partial charge in [-0.15, -0.1) is 0 Å². The molecule has 2 saturated heterocycles. The number of benzene rings is 1. The van der Waals surface area contributed by atoms with E-state index in [0.29, 0.717) is 0 Å². The molecule has 1 aromatic carbocycles. The molecule has 1 aromatic rings. The molecule has 0 unspecified atom stereocenters. The number of aliphatic hydroxyl groups is 2. The third-order valence-electron chi connectivity index (χ3n) is 7.55. The molecule has 2 heterocycles. The van der Waals surface area contributed by atoms with Crippen molar-refractivity contribution < 1.29 is 85.3 Å². The first-order valence-corrected chi connectivity index (χ1v) is 16.1. The predicted molar refractivity (Wildman–Crippen MR) is 165 cm³/mol. The number of nitrogens with one attached hydrogen (secondary N) is 2. The first-order chi connectivity index (χ1) is 24.5. The van der Waals surface area contributed by atoms with Crippen molar-refractivity contribution in [1.29, 1.82) is 0 Å². The zero-order chi connectivity index (χ0) is 38.6. The molecule has 0 bridgehead atoms. The van der Waals surface area contributed by atoms with Crippen molar-refractivity contribution in [3.63, 3.8) is 0 Å². The molecule has 0 radical (unpaired) electrons. The summed E-state index contributed by atoms with van der Waals surface area (Å²) in [7, 11) is 0. The molecular weight excluding hydrogens is 709 g/mol. The van der Waals surface area contributed by atoms with Crippen LogP contribution in [0.5, 0.6) is 0 Å². The fourth-order valence-electron chi connectivity index (χ4n) is 5.33. The molecule has 17 nitrogen and oxygen atoms in total. The summed E-state index contributed by atoms with van der Waals surface area (Å²) in [6.07, 6.45) is -19.3. The van der Waals surface area contributed by atoms with Crippen molar-refractivity contribution in [2.45, 2.75) is 108 Å². The van der Waals surface area contributed by atoms with E-state index in [1.54, 1.807) is 35.6 Å². The van der Waals surface area contributed by atoms with E-state index in [2.05, 4.69) is 5.32 Å². The number of aliphatic hydroxyl groups excluding tert-OH is 2. The third kappa shape index (κ3) is 12.9. The summed E-state index contributed by atoms with van der Waals surface area (Å²) in [5.74, 6) is -5.29. The Labute approximate surface area is 296 Å². The van der Waals surface area contributed by atoms with E-state index < -0.39 is 110 Å². The van der Waals surface area contributed by atoms with Gasteiger partial charge in [-0.3, -0.25) is 24.0 Å². The maximum absolute atomic E-state index is 12.6. The van der Waals surface area contributed by atoms with Crippen LogP contribution in [0.2, 0.25) is 0 Å².